The lowest BCUT2D eigenvalue weighted by atomic mass is 9.59. The lowest BCUT2D eigenvalue weighted by molar-refractivity contribution is 0.131. The minimum absolute atomic E-state index is 0.392. The summed E-state index contributed by atoms with van der Waals surface area (Å²) in [5, 5.41) is 7.34. The van der Waals surface area contributed by atoms with Crippen molar-refractivity contribution in [1.82, 2.24) is 10.2 Å². The van der Waals surface area contributed by atoms with Crippen LogP contribution in [0.2, 0.25) is 0 Å². The summed E-state index contributed by atoms with van der Waals surface area (Å²) in [5.74, 6) is 1.69. The van der Waals surface area contributed by atoms with Crippen LogP contribution < -0.4 is 5.73 Å². The van der Waals surface area contributed by atoms with Crippen molar-refractivity contribution in [1.29, 1.82) is 0 Å². The standard InChI is InChI=1S/C12H19N3/c1-8-10(14-15-11(8)13)12-5-2-9(3-6-12)4-7-12/h9H,2-7H2,1H3,(H3,13,14,15). The van der Waals surface area contributed by atoms with E-state index in [0.717, 1.165) is 5.92 Å². The van der Waals surface area contributed by atoms with E-state index in [9.17, 15) is 0 Å². The average Bonchev–Trinajstić information content (AvgIpc) is 2.63. The predicted molar refractivity (Wildman–Crippen MR) is 60.6 cm³/mol. The Kier molecular flexibility index (Phi) is 1.85. The van der Waals surface area contributed by atoms with Gasteiger partial charge >= 0.3 is 0 Å². The van der Waals surface area contributed by atoms with Gasteiger partial charge in [-0.3, -0.25) is 5.10 Å². The van der Waals surface area contributed by atoms with Gasteiger partial charge in [-0.2, -0.15) is 5.10 Å². The van der Waals surface area contributed by atoms with E-state index >= 15 is 0 Å². The third-order valence-electron chi connectivity index (χ3n) is 4.67. The Bertz CT molecular complexity index is 358. The van der Waals surface area contributed by atoms with Crippen LogP contribution in [0.25, 0.3) is 0 Å². The number of hydrogen-bond donors (Lipinski definition) is 2. The molecule has 1 aromatic rings. The highest BCUT2D eigenvalue weighted by Crippen LogP contribution is 2.52. The number of aromatic nitrogens is 2. The van der Waals surface area contributed by atoms with Crippen LogP contribution in [0.3, 0.4) is 0 Å². The van der Waals surface area contributed by atoms with Crippen molar-refractivity contribution in [3.05, 3.63) is 11.3 Å². The minimum Gasteiger partial charge on any atom is -0.382 e. The first kappa shape index (κ1) is 9.25. The summed E-state index contributed by atoms with van der Waals surface area (Å²) in [6.07, 6.45) is 8.20. The molecule has 0 spiro atoms. The van der Waals surface area contributed by atoms with Gasteiger partial charge in [0.25, 0.3) is 0 Å². The van der Waals surface area contributed by atoms with Crippen molar-refractivity contribution in [3.8, 4) is 0 Å². The molecule has 3 aliphatic rings. The molecule has 3 heteroatoms. The molecule has 0 amide bonds. The summed E-state index contributed by atoms with van der Waals surface area (Å²) >= 11 is 0. The number of anilines is 1. The molecule has 0 atom stereocenters. The first-order valence-electron chi connectivity index (χ1n) is 6.02. The van der Waals surface area contributed by atoms with Gasteiger partial charge in [0.1, 0.15) is 5.82 Å². The van der Waals surface area contributed by atoms with E-state index in [1.165, 1.54) is 49.8 Å². The average molecular weight is 205 g/mol. The van der Waals surface area contributed by atoms with Crippen LogP contribution in [-0.2, 0) is 5.41 Å². The first-order chi connectivity index (χ1) is 7.21. The number of hydrogen-bond acceptors (Lipinski definition) is 2. The van der Waals surface area contributed by atoms with Gasteiger partial charge in [-0.05, 0) is 51.4 Å². The van der Waals surface area contributed by atoms with Crippen molar-refractivity contribution in [2.24, 2.45) is 5.92 Å². The smallest absolute Gasteiger partial charge is 0.148 e. The van der Waals surface area contributed by atoms with Crippen LogP contribution in [-0.4, -0.2) is 10.2 Å². The second kappa shape index (κ2) is 3.00. The van der Waals surface area contributed by atoms with Gasteiger partial charge in [0, 0.05) is 16.7 Å². The zero-order valence-electron chi connectivity index (χ0n) is 9.34. The molecule has 0 aromatic carbocycles. The van der Waals surface area contributed by atoms with Crippen LogP contribution >= 0.6 is 0 Å². The Labute approximate surface area is 90.4 Å². The maximum absolute atomic E-state index is 5.83. The van der Waals surface area contributed by atoms with E-state index in [-0.39, 0.29) is 0 Å². The molecular weight excluding hydrogens is 186 g/mol. The van der Waals surface area contributed by atoms with Crippen molar-refractivity contribution < 1.29 is 0 Å². The molecule has 1 aromatic heterocycles. The van der Waals surface area contributed by atoms with Crippen LogP contribution in [0.15, 0.2) is 0 Å². The lowest BCUT2D eigenvalue weighted by Crippen LogP contribution is -2.38. The lowest BCUT2D eigenvalue weighted by Gasteiger charge is -2.46. The summed E-state index contributed by atoms with van der Waals surface area (Å²) in [6.45, 7) is 2.10. The van der Waals surface area contributed by atoms with Crippen molar-refractivity contribution in [3.63, 3.8) is 0 Å². The van der Waals surface area contributed by atoms with Gasteiger partial charge in [0.05, 0.1) is 0 Å². The number of rotatable bonds is 1. The van der Waals surface area contributed by atoms with Crippen LogP contribution in [0.4, 0.5) is 5.82 Å². The molecule has 3 N–H and O–H groups in total. The van der Waals surface area contributed by atoms with Crippen LogP contribution in [0.1, 0.15) is 49.8 Å². The number of fused-ring (bicyclic) bond motifs is 3. The molecule has 0 aliphatic heterocycles. The maximum Gasteiger partial charge on any atom is 0.148 e. The topological polar surface area (TPSA) is 54.7 Å². The Morgan fingerprint density at radius 3 is 2.33 bits per heavy atom. The molecular formula is C12H19N3. The number of aromatic amines is 1. The van der Waals surface area contributed by atoms with E-state index in [2.05, 4.69) is 17.1 Å². The Morgan fingerprint density at radius 1 is 1.27 bits per heavy atom. The summed E-state index contributed by atoms with van der Waals surface area (Å²) in [5.41, 5.74) is 8.75. The van der Waals surface area contributed by atoms with E-state index in [1.807, 2.05) is 0 Å². The molecule has 3 fully saturated rings. The van der Waals surface area contributed by atoms with E-state index in [4.69, 9.17) is 5.73 Å². The van der Waals surface area contributed by atoms with Crippen molar-refractivity contribution in [2.75, 3.05) is 5.73 Å². The third kappa shape index (κ3) is 1.22. The fourth-order valence-corrected chi connectivity index (χ4v) is 3.55. The molecule has 3 saturated carbocycles. The Balaban J connectivity index is 2.01. The molecule has 15 heavy (non-hydrogen) atoms. The van der Waals surface area contributed by atoms with E-state index in [0.29, 0.717) is 11.2 Å². The molecule has 4 rings (SSSR count). The highest BCUT2D eigenvalue weighted by atomic mass is 15.2. The molecule has 0 unspecified atom stereocenters. The van der Waals surface area contributed by atoms with E-state index in [1.54, 1.807) is 0 Å². The van der Waals surface area contributed by atoms with Gasteiger partial charge < -0.3 is 5.73 Å². The quantitative estimate of drug-likeness (QED) is 0.740. The fourth-order valence-electron chi connectivity index (χ4n) is 3.55. The number of nitrogens with two attached hydrogens (primary N) is 1. The summed E-state index contributed by atoms with van der Waals surface area (Å²) < 4.78 is 0. The molecule has 82 valence electrons. The fraction of sp³-hybridized carbons (Fsp3) is 0.750. The molecule has 2 bridgehead atoms. The predicted octanol–water partition coefficient (Wildman–Crippen LogP) is 2.52. The normalized spacial score (nSPS) is 34.6. The summed E-state index contributed by atoms with van der Waals surface area (Å²) in [4.78, 5) is 0. The minimum atomic E-state index is 0.392. The number of nitrogens with one attached hydrogen (secondary N) is 1. The van der Waals surface area contributed by atoms with Gasteiger partial charge in [-0.25, -0.2) is 0 Å². The molecule has 1 heterocycles. The van der Waals surface area contributed by atoms with Gasteiger partial charge in [-0.15, -0.1) is 0 Å². The molecule has 3 nitrogen and oxygen atoms in total. The highest BCUT2D eigenvalue weighted by molar-refractivity contribution is 5.44. The molecule has 3 aliphatic carbocycles. The number of H-pyrrole nitrogens is 1. The second-order valence-corrected chi connectivity index (χ2v) is 5.37. The monoisotopic (exact) mass is 205 g/mol. The zero-order valence-corrected chi connectivity index (χ0v) is 9.34. The Hall–Kier alpha value is -0.990. The first-order valence-corrected chi connectivity index (χ1v) is 6.02. The second-order valence-electron chi connectivity index (χ2n) is 5.37. The van der Waals surface area contributed by atoms with Gasteiger partial charge in [0.15, 0.2) is 0 Å². The zero-order chi connectivity index (χ0) is 10.5. The summed E-state index contributed by atoms with van der Waals surface area (Å²) in [6, 6.07) is 0. The Morgan fingerprint density at radius 2 is 1.87 bits per heavy atom. The maximum atomic E-state index is 5.83. The highest BCUT2D eigenvalue weighted by Gasteiger charge is 2.43. The van der Waals surface area contributed by atoms with Gasteiger partial charge in [-0.1, -0.05) is 0 Å². The third-order valence-corrected chi connectivity index (χ3v) is 4.67. The SMILES string of the molecule is Cc1c(N)n[nH]c1C12CCC(CC1)CC2. The number of nitrogens with zero attached hydrogens (tertiary/aromatic N) is 1. The number of nitrogen functional groups attached to an aromatic ring is 1. The van der Waals surface area contributed by atoms with Crippen LogP contribution in [0, 0.1) is 12.8 Å². The molecule has 0 radical (unpaired) electrons. The van der Waals surface area contributed by atoms with Crippen molar-refractivity contribution >= 4 is 5.82 Å². The summed E-state index contributed by atoms with van der Waals surface area (Å²) in [7, 11) is 0. The van der Waals surface area contributed by atoms with Crippen LogP contribution in [0.5, 0.6) is 0 Å². The van der Waals surface area contributed by atoms with E-state index < -0.39 is 0 Å². The van der Waals surface area contributed by atoms with Gasteiger partial charge in [0.2, 0.25) is 0 Å². The largest absolute Gasteiger partial charge is 0.382 e. The van der Waals surface area contributed by atoms with Crippen molar-refractivity contribution in [2.45, 2.75) is 50.9 Å². The molecule has 0 saturated heterocycles.